The van der Waals surface area contributed by atoms with Crippen LogP contribution in [-0.4, -0.2) is 22.4 Å². The van der Waals surface area contributed by atoms with Gasteiger partial charge in [-0.25, -0.2) is 4.98 Å². The number of halogens is 1. The average molecular weight is 331 g/mol. The Labute approximate surface area is 140 Å². The molecule has 1 unspecified atom stereocenters. The number of nitrogens with zero attached hydrogens (tertiary/aromatic N) is 2. The van der Waals surface area contributed by atoms with Crippen molar-refractivity contribution in [3.05, 3.63) is 41.2 Å². The van der Waals surface area contributed by atoms with Crippen molar-refractivity contribution in [1.29, 1.82) is 5.26 Å². The van der Waals surface area contributed by atoms with E-state index in [2.05, 4.69) is 29.1 Å². The molecule has 5 nitrogen and oxygen atoms in total. The third-order valence-corrected chi connectivity index (χ3v) is 3.66. The Bertz CT molecular complexity index is 717. The van der Waals surface area contributed by atoms with Crippen molar-refractivity contribution in [2.75, 3.05) is 6.54 Å². The fourth-order valence-electron chi connectivity index (χ4n) is 2.46. The second-order valence-corrected chi connectivity index (χ2v) is 6.17. The van der Waals surface area contributed by atoms with Gasteiger partial charge in [0.2, 0.25) is 5.91 Å². The van der Waals surface area contributed by atoms with Crippen LogP contribution in [0.15, 0.2) is 30.5 Å². The summed E-state index contributed by atoms with van der Waals surface area (Å²) in [6.07, 6.45) is 2.26. The van der Waals surface area contributed by atoms with Gasteiger partial charge in [0, 0.05) is 5.56 Å². The smallest absolute Gasteiger partial charge is 0.228 e. The lowest BCUT2D eigenvalue weighted by Gasteiger charge is -2.19. The van der Waals surface area contributed by atoms with E-state index in [4.69, 9.17) is 16.9 Å². The van der Waals surface area contributed by atoms with Gasteiger partial charge in [-0.2, -0.15) is 5.26 Å². The van der Waals surface area contributed by atoms with E-state index in [1.54, 1.807) is 6.20 Å². The highest BCUT2D eigenvalue weighted by atomic mass is 35.5. The van der Waals surface area contributed by atoms with Crippen LogP contribution in [-0.2, 0) is 4.79 Å². The molecular weight excluding hydrogens is 312 g/mol. The molecule has 120 valence electrons. The summed E-state index contributed by atoms with van der Waals surface area (Å²) in [5, 5.41) is 11.8. The van der Waals surface area contributed by atoms with Crippen LogP contribution in [0.5, 0.6) is 0 Å². The van der Waals surface area contributed by atoms with Gasteiger partial charge >= 0.3 is 0 Å². The molecule has 0 aliphatic rings. The van der Waals surface area contributed by atoms with Crippen LogP contribution in [0.4, 0.5) is 0 Å². The lowest BCUT2D eigenvalue weighted by Crippen LogP contribution is -2.30. The van der Waals surface area contributed by atoms with E-state index in [-0.39, 0.29) is 18.4 Å². The summed E-state index contributed by atoms with van der Waals surface area (Å²) in [6, 6.07) is 9.61. The Kier molecular flexibility index (Phi) is 5.78. The van der Waals surface area contributed by atoms with Crippen molar-refractivity contribution >= 4 is 17.5 Å². The number of aromatic amines is 1. The molecule has 1 heterocycles. The van der Waals surface area contributed by atoms with Gasteiger partial charge in [0.05, 0.1) is 18.2 Å². The maximum atomic E-state index is 12.4. The number of aromatic nitrogens is 2. The zero-order chi connectivity index (χ0) is 16.8. The van der Waals surface area contributed by atoms with E-state index in [1.165, 1.54) is 0 Å². The third kappa shape index (κ3) is 4.57. The number of H-pyrrole nitrogens is 1. The maximum absolute atomic E-state index is 12.4. The van der Waals surface area contributed by atoms with E-state index in [9.17, 15) is 4.79 Å². The molecule has 1 aromatic heterocycles. The van der Waals surface area contributed by atoms with Crippen LogP contribution in [0.3, 0.4) is 0 Å². The van der Waals surface area contributed by atoms with Crippen molar-refractivity contribution in [2.45, 2.75) is 26.2 Å². The summed E-state index contributed by atoms with van der Waals surface area (Å²) in [5.41, 5.74) is 1.77. The Morgan fingerprint density at radius 2 is 2.26 bits per heavy atom. The number of nitrogens with one attached hydrogen (secondary N) is 2. The number of nitriles is 1. The number of carbonyl (C=O) groups excluding carboxylic acids is 1. The Balaban J connectivity index is 2.31. The van der Waals surface area contributed by atoms with Gasteiger partial charge < -0.3 is 10.3 Å². The van der Waals surface area contributed by atoms with Gasteiger partial charge in [0.25, 0.3) is 0 Å². The zero-order valence-corrected chi connectivity index (χ0v) is 13.9. The summed E-state index contributed by atoms with van der Waals surface area (Å²) >= 11 is 5.88. The van der Waals surface area contributed by atoms with Crippen molar-refractivity contribution in [3.63, 3.8) is 0 Å². The molecule has 0 radical (unpaired) electrons. The van der Waals surface area contributed by atoms with E-state index in [0.717, 1.165) is 11.1 Å². The summed E-state index contributed by atoms with van der Waals surface area (Å²) in [5.74, 6) is 0.593. The molecule has 0 saturated heterocycles. The summed E-state index contributed by atoms with van der Waals surface area (Å²) in [6.45, 7) is 4.16. The first-order valence-corrected chi connectivity index (χ1v) is 7.84. The largest absolute Gasteiger partial charge is 0.342 e. The lowest BCUT2D eigenvalue weighted by atomic mass is 9.88. The maximum Gasteiger partial charge on any atom is 0.228 e. The highest BCUT2D eigenvalue weighted by Gasteiger charge is 2.22. The molecule has 23 heavy (non-hydrogen) atoms. The van der Waals surface area contributed by atoms with Crippen LogP contribution in [0.2, 0.25) is 5.15 Å². The van der Waals surface area contributed by atoms with Crippen molar-refractivity contribution in [1.82, 2.24) is 15.3 Å². The highest BCUT2D eigenvalue weighted by Crippen LogP contribution is 2.28. The molecule has 2 rings (SSSR count). The van der Waals surface area contributed by atoms with E-state index < -0.39 is 0 Å². The minimum atomic E-state index is -0.297. The van der Waals surface area contributed by atoms with Crippen molar-refractivity contribution < 1.29 is 4.79 Å². The van der Waals surface area contributed by atoms with Crippen LogP contribution in [0.1, 0.15) is 31.7 Å². The molecule has 2 aromatic rings. The first-order valence-electron chi connectivity index (χ1n) is 7.46. The van der Waals surface area contributed by atoms with E-state index >= 15 is 0 Å². The Morgan fingerprint density at radius 3 is 2.87 bits per heavy atom. The molecule has 1 amide bonds. The van der Waals surface area contributed by atoms with Crippen molar-refractivity contribution in [2.24, 2.45) is 5.92 Å². The van der Waals surface area contributed by atoms with Gasteiger partial charge in [-0.15, -0.1) is 0 Å². The molecule has 0 aliphatic heterocycles. The predicted octanol–water partition coefficient (Wildman–Crippen LogP) is 3.50. The fraction of sp³-hybridized carbons (Fsp3) is 0.353. The molecule has 1 aromatic carbocycles. The SMILES string of the molecule is CC(C)CC(C(=O)NCC#N)c1cccc(-c2ncc(Cl)[nH]2)c1. The fourth-order valence-corrected chi connectivity index (χ4v) is 2.60. The molecule has 0 fully saturated rings. The first kappa shape index (κ1) is 17.0. The minimum Gasteiger partial charge on any atom is -0.342 e. The second kappa shape index (κ2) is 7.80. The lowest BCUT2D eigenvalue weighted by molar-refractivity contribution is -0.122. The van der Waals surface area contributed by atoms with E-state index in [0.29, 0.717) is 23.3 Å². The van der Waals surface area contributed by atoms with Gasteiger partial charge in [-0.3, -0.25) is 4.79 Å². The zero-order valence-electron chi connectivity index (χ0n) is 13.1. The molecule has 2 N–H and O–H groups in total. The molecule has 6 heteroatoms. The number of carbonyl (C=O) groups is 1. The summed E-state index contributed by atoms with van der Waals surface area (Å²) < 4.78 is 0. The van der Waals surface area contributed by atoms with Crippen LogP contribution in [0.25, 0.3) is 11.4 Å². The van der Waals surface area contributed by atoms with Gasteiger partial charge in [-0.05, 0) is 24.0 Å². The molecule has 0 aliphatic carbocycles. The number of hydrogen-bond donors (Lipinski definition) is 2. The monoisotopic (exact) mass is 330 g/mol. The van der Waals surface area contributed by atoms with Crippen LogP contribution < -0.4 is 5.32 Å². The molecule has 0 spiro atoms. The number of hydrogen-bond acceptors (Lipinski definition) is 3. The highest BCUT2D eigenvalue weighted by molar-refractivity contribution is 6.29. The molecule has 1 atom stereocenters. The third-order valence-electron chi connectivity index (χ3n) is 3.47. The number of amides is 1. The quantitative estimate of drug-likeness (QED) is 0.795. The standard InChI is InChI=1S/C17H19ClN4O/c1-11(2)8-14(17(23)20-7-6-19)12-4-3-5-13(9-12)16-21-10-15(18)22-16/h3-5,9-11,14H,7-8H2,1-2H3,(H,20,23)(H,21,22). The van der Waals surface area contributed by atoms with Gasteiger partial charge in [0.15, 0.2) is 0 Å². The second-order valence-electron chi connectivity index (χ2n) is 5.76. The van der Waals surface area contributed by atoms with E-state index in [1.807, 2.05) is 30.3 Å². The normalized spacial score (nSPS) is 12.0. The summed E-state index contributed by atoms with van der Waals surface area (Å²) in [4.78, 5) is 19.6. The number of benzene rings is 1. The number of rotatable bonds is 6. The van der Waals surface area contributed by atoms with Crippen LogP contribution >= 0.6 is 11.6 Å². The van der Waals surface area contributed by atoms with Crippen LogP contribution in [0, 0.1) is 17.2 Å². The number of imidazole rings is 1. The minimum absolute atomic E-state index is 0.0148. The average Bonchev–Trinajstić information content (AvgIpc) is 2.97. The molecule has 0 bridgehead atoms. The van der Waals surface area contributed by atoms with Crippen molar-refractivity contribution in [3.8, 4) is 17.5 Å². The first-order chi connectivity index (χ1) is 11.0. The Hall–Kier alpha value is -2.32. The summed E-state index contributed by atoms with van der Waals surface area (Å²) in [7, 11) is 0. The van der Waals surface area contributed by atoms with Gasteiger partial charge in [-0.1, -0.05) is 43.6 Å². The predicted molar refractivity (Wildman–Crippen MR) is 89.9 cm³/mol. The molecular formula is C17H19ClN4O. The van der Waals surface area contributed by atoms with Gasteiger partial charge in [0.1, 0.15) is 17.5 Å². The Morgan fingerprint density at radius 1 is 1.48 bits per heavy atom. The topological polar surface area (TPSA) is 81.6 Å². The molecule has 0 saturated carbocycles.